The fourth-order valence-corrected chi connectivity index (χ4v) is 3.40. The van der Waals surface area contributed by atoms with Crippen LogP contribution >= 0.6 is 11.8 Å². The molecule has 3 aromatic rings. The van der Waals surface area contributed by atoms with E-state index < -0.39 is 0 Å². The molecule has 0 spiro atoms. The molecule has 1 N–H and O–H groups in total. The first-order valence-corrected chi connectivity index (χ1v) is 9.96. The zero-order valence-electron chi connectivity index (χ0n) is 15.4. The zero-order valence-corrected chi connectivity index (χ0v) is 16.2. The van der Waals surface area contributed by atoms with Gasteiger partial charge in [0.1, 0.15) is 12.1 Å². The Hall–Kier alpha value is -3.44. The van der Waals surface area contributed by atoms with E-state index in [4.69, 9.17) is 9.15 Å². The predicted molar refractivity (Wildman–Crippen MR) is 110 cm³/mol. The minimum atomic E-state index is -0.331. The Morgan fingerprint density at radius 3 is 2.79 bits per heavy atom. The van der Waals surface area contributed by atoms with Crippen LogP contribution in [0.2, 0.25) is 0 Å². The van der Waals surface area contributed by atoms with Crippen LogP contribution in [0.25, 0.3) is 11.1 Å². The van der Waals surface area contributed by atoms with Gasteiger partial charge in [-0.2, -0.15) is 0 Å². The SMILES string of the molecule is O=C(CSc1nc2ccccc2o1)NCC#Cc1ccc(N2CCOC2=O)cc1. The molecule has 0 unspecified atom stereocenters. The number of carbonyl (C=O) groups excluding carboxylic acids is 2. The van der Waals surface area contributed by atoms with Crippen molar-refractivity contribution in [3.8, 4) is 11.8 Å². The van der Waals surface area contributed by atoms with Gasteiger partial charge in [0.25, 0.3) is 5.22 Å². The predicted octanol–water partition coefficient (Wildman–Crippen LogP) is 3.04. The summed E-state index contributed by atoms with van der Waals surface area (Å²) >= 11 is 1.24. The summed E-state index contributed by atoms with van der Waals surface area (Å²) in [7, 11) is 0. The summed E-state index contributed by atoms with van der Waals surface area (Å²) in [5, 5.41) is 3.21. The third kappa shape index (κ3) is 4.70. The molecule has 1 aromatic heterocycles. The first-order valence-electron chi connectivity index (χ1n) is 8.97. The summed E-state index contributed by atoms with van der Waals surface area (Å²) < 4.78 is 10.5. The minimum absolute atomic E-state index is 0.144. The lowest BCUT2D eigenvalue weighted by Gasteiger charge is -2.11. The van der Waals surface area contributed by atoms with Crippen molar-refractivity contribution in [1.82, 2.24) is 10.3 Å². The Balaban J connectivity index is 1.23. The summed E-state index contributed by atoms with van der Waals surface area (Å²) in [6.07, 6.45) is -0.331. The van der Waals surface area contributed by atoms with Gasteiger partial charge in [-0.3, -0.25) is 9.69 Å². The van der Waals surface area contributed by atoms with Crippen LogP contribution in [-0.2, 0) is 9.53 Å². The number of rotatable bonds is 5. The molecule has 1 fully saturated rings. The van der Waals surface area contributed by atoms with Gasteiger partial charge in [0.05, 0.1) is 18.8 Å². The average molecular weight is 407 g/mol. The van der Waals surface area contributed by atoms with Crippen molar-refractivity contribution >= 4 is 40.5 Å². The number of thioether (sulfide) groups is 1. The fourth-order valence-electron chi connectivity index (χ4n) is 2.73. The summed E-state index contributed by atoms with van der Waals surface area (Å²) in [6, 6.07) is 14.8. The largest absolute Gasteiger partial charge is 0.447 e. The summed E-state index contributed by atoms with van der Waals surface area (Å²) in [5.41, 5.74) is 3.06. The molecule has 0 atom stereocenters. The van der Waals surface area contributed by atoms with E-state index in [1.165, 1.54) is 11.8 Å². The number of para-hydroxylation sites is 2. The zero-order chi connectivity index (χ0) is 20.1. The van der Waals surface area contributed by atoms with Crippen LogP contribution in [0.15, 0.2) is 58.2 Å². The first kappa shape index (κ1) is 18.9. The number of amides is 2. The van der Waals surface area contributed by atoms with Gasteiger partial charge < -0.3 is 14.5 Å². The first-order chi connectivity index (χ1) is 14.2. The van der Waals surface area contributed by atoms with Crippen LogP contribution in [0.5, 0.6) is 0 Å². The normalized spacial score (nSPS) is 13.1. The Morgan fingerprint density at radius 2 is 2.03 bits per heavy atom. The molecular formula is C21H17N3O4S. The number of anilines is 1. The topological polar surface area (TPSA) is 84.7 Å². The molecule has 4 rings (SSSR count). The van der Waals surface area contributed by atoms with Gasteiger partial charge in [-0.05, 0) is 36.4 Å². The van der Waals surface area contributed by atoms with Crippen LogP contribution in [0, 0.1) is 11.8 Å². The van der Waals surface area contributed by atoms with E-state index in [-0.39, 0.29) is 24.3 Å². The van der Waals surface area contributed by atoms with Gasteiger partial charge in [0.15, 0.2) is 5.58 Å². The van der Waals surface area contributed by atoms with Crippen LogP contribution in [0.1, 0.15) is 5.56 Å². The Morgan fingerprint density at radius 1 is 1.21 bits per heavy atom. The second-order valence-corrected chi connectivity index (χ2v) is 7.05. The molecule has 1 aliphatic heterocycles. The fraction of sp³-hybridized carbons (Fsp3) is 0.190. The Bertz CT molecular complexity index is 1070. The number of nitrogens with one attached hydrogen (secondary N) is 1. The lowest BCUT2D eigenvalue weighted by Crippen LogP contribution is -2.25. The molecule has 0 saturated carbocycles. The highest BCUT2D eigenvalue weighted by molar-refractivity contribution is 7.99. The Kier molecular flexibility index (Phi) is 5.68. The molecule has 2 amide bonds. The monoisotopic (exact) mass is 407 g/mol. The smallest absolute Gasteiger partial charge is 0.414 e. The summed E-state index contributed by atoms with van der Waals surface area (Å²) in [4.78, 5) is 29.4. The van der Waals surface area contributed by atoms with Crippen LogP contribution in [0.4, 0.5) is 10.5 Å². The average Bonchev–Trinajstić information content (AvgIpc) is 3.36. The van der Waals surface area contributed by atoms with Crippen molar-refractivity contribution in [3.63, 3.8) is 0 Å². The second-order valence-electron chi connectivity index (χ2n) is 6.13. The summed E-state index contributed by atoms with van der Waals surface area (Å²) in [5.74, 6) is 5.96. The highest BCUT2D eigenvalue weighted by atomic mass is 32.2. The molecular weight excluding hydrogens is 390 g/mol. The maximum atomic E-state index is 11.9. The second kappa shape index (κ2) is 8.71. The van der Waals surface area contributed by atoms with Crippen molar-refractivity contribution in [1.29, 1.82) is 0 Å². The van der Waals surface area contributed by atoms with E-state index in [1.807, 2.05) is 48.5 Å². The highest BCUT2D eigenvalue weighted by Gasteiger charge is 2.23. The van der Waals surface area contributed by atoms with Gasteiger partial charge in [0, 0.05) is 11.3 Å². The molecule has 1 saturated heterocycles. The van der Waals surface area contributed by atoms with Crippen molar-refractivity contribution in [3.05, 3.63) is 54.1 Å². The number of hydrogen-bond acceptors (Lipinski definition) is 6. The van der Waals surface area contributed by atoms with Crippen molar-refractivity contribution < 1.29 is 18.7 Å². The molecule has 7 nitrogen and oxygen atoms in total. The maximum absolute atomic E-state index is 11.9. The number of carbonyl (C=O) groups is 2. The lowest BCUT2D eigenvalue weighted by atomic mass is 10.2. The number of benzene rings is 2. The van der Waals surface area contributed by atoms with Crippen LogP contribution in [-0.4, -0.2) is 42.4 Å². The number of nitrogens with zero attached hydrogens (tertiary/aromatic N) is 2. The van der Waals surface area contributed by atoms with E-state index in [9.17, 15) is 9.59 Å². The van der Waals surface area contributed by atoms with Gasteiger partial charge >= 0.3 is 6.09 Å². The quantitative estimate of drug-likeness (QED) is 0.517. The van der Waals surface area contributed by atoms with E-state index in [2.05, 4.69) is 22.1 Å². The number of hydrogen-bond donors (Lipinski definition) is 1. The molecule has 0 bridgehead atoms. The number of ether oxygens (including phenoxy) is 1. The van der Waals surface area contributed by atoms with Crippen molar-refractivity contribution in [2.75, 3.05) is 30.3 Å². The van der Waals surface area contributed by atoms with Gasteiger partial charge in [-0.1, -0.05) is 35.7 Å². The van der Waals surface area contributed by atoms with Gasteiger partial charge in [-0.15, -0.1) is 0 Å². The molecule has 2 heterocycles. The maximum Gasteiger partial charge on any atom is 0.414 e. The summed E-state index contributed by atoms with van der Waals surface area (Å²) in [6.45, 7) is 1.20. The standard InChI is InChI=1S/C21H17N3O4S/c25-19(14-29-20-23-17-5-1-2-6-18(17)28-20)22-11-3-4-15-7-9-16(10-8-15)24-12-13-27-21(24)26/h1-2,5-10H,11-14H2,(H,22,25). The van der Waals surface area contributed by atoms with Gasteiger partial charge in [0.2, 0.25) is 5.91 Å². The van der Waals surface area contributed by atoms with E-state index in [0.29, 0.717) is 24.0 Å². The molecule has 29 heavy (non-hydrogen) atoms. The number of aromatic nitrogens is 1. The van der Waals surface area contributed by atoms with E-state index in [1.54, 1.807) is 4.90 Å². The molecule has 8 heteroatoms. The molecule has 0 aliphatic carbocycles. The van der Waals surface area contributed by atoms with Crippen molar-refractivity contribution in [2.24, 2.45) is 0 Å². The van der Waals surface area contributed by atoms with E-state index >= 15 is 0 Å². The lowest BCUT2D eigenvalue weighted by molar-refractivity contribution is -0.118. The Labute approximate surface area is 171 Å². The molecule has 2 aromatic carbocycles. The number of fused-ring (bicyclic) bond motifs is 1. The third-order valence-electron chi connectivity index (χ3n) is 4.15. The third-order valence-corrected chi connectivity index (χ3v) is 4.98. The van der Waals surface area contributed by atoms with E-state index in [0.717, 1.165) is 16.8 Å². The van der Waals surface area contributed by atoms with Crippen LogP contribution in [0.3, 0.4) is 0 Å². The van der Waals surface area contributed by atoms with Crippen molar-refractivity contribution in [2.45, 2.75) is 5.22 Å². The minimum Gasteiger partial charge on any atom is -0.447 e. The van der Waals surface area contributed by atoms with Crippen LogP contribution < -0.4 is 10.2 Å². The molecule has 0 radical (unpaired) electrons. The molecule has 1 aliphatic rings. The highest BCUT2D eigenvalue weighted by Crippen LogP contribution is 2.22. The number of cyclic esters (lactones) is 1. The number of oxazole rings is 1. The molecule has 146 valence electrons. The van der Waals surface area contributed by atoms with Gasteiger partial charge in [-0.25, -0.2) is 9.78 Å².